The standard InChI is InChI=1S/C16H16BrClFN/c1-11(12-6-3-4-8-15(12)19)20(2)16-9-5-7-14(18)13(16)10-17/h3-9,11H,10H2,1-2H3. The molecule has 106 valence electrons. The van der Waals surface area contributed by atoms with Crippen LogP contribution in [0.1, 0.15) is 24.1 Å². The van der Waals surface area contributed by atoms with E-state index in [0.29, 0.717) is 15.9 Å². The molecule has 2 rings (SSSR count). The molecule has 0 radical (unpaired) electrons. The zero-order valence-corrected chi connectivity index (χ0v) is 13.7. The molecule has 0 bridgehead atoms. The summed E-state index contributed by atoms with van der Waals surface area (Å²) in [5, 5.41) is 1.38. The number of rotatable bonds is 4. The summed E-state index contributed by atoms with van der Waals surface area (Å²) < 4.78 is 13.9. The van der Waals surface area contributed by atoms with Gasteiger partial charge in [0.25, 0.3) is 0 Å². The van der Waals surface area contributed by atoms with Gasteiger partial charge in [-0.2, -0.15) is 0 Å². The van der Waals surface area contributed by atoms with E-state index in [2.05, 4.69) is 15.9 Å². The highest BCUT2D eigenvalue weighted by molar-refractivity contribution is 9.08. The highest BCUT2D eigenvalue weighted by Gasteiger charge is 2.18. The van der Waals surface area contributed by atoms with Crippen LogP contribution in [0.25, 0.3) is 0 Å². The van der Waals surface area contributed by atoms with Gasteiger partial charge in [-0.15, -0.1) is 0 Å². The maximum atomic E-state index is 13.9. The fourth-order valence-electron chi connectivity index (χ4n) is 2.24. The van der Waals surface area contributed by atoms with Gasteiger partial charge in [-0.05, 0) is 25.1 Å². The van der Waals surface area contributed by atoms with E-state index in [0.717, 1.165) is 11.3 Å². The van der Waals surface area contributed by atoms with E-state index < -0.39 is 0 Å². The van der Waals surface area contributed by atoms with E-state index in [-0.39, 0.29) is 11.9 Å². The number of anilines is 1. The van der Waals surface area contributed by atoms with Crippen LogP contribution < -0.4 is 4.90 Å². The third-order valence-corrected chi connectivity index (χ3v) is 4.46. The maximum Gasteiger partial charge on any atom is 0.128 e. The van der Waals surface area contributed by atoms with Gasteiger partial charge in [0.2, 0.25) is 0 Å². The molecule has 0 amide bonds. The van der Waals surface area contributed by atoms with Crippen molar-refractivity contribution in [1.82, 2.24) is 0 Å². The summed E-state index contributed by atoms with van der Waals surface area (Å²) in [6.45, 7) is 1.98. The third kappa shape index (κ3) is 2.99. The zero-order valence-electron chi connectivity index (χ0n) is 11.4. The van der Waals surface area contributed by atoms with E-state index >= 15 is 0 Å². The Morgan fingerprint density at radius 1 is 1.20 bits per heavy atom. The van der Waals surface area contributed by atoms with Gasteiger partial charge in [0.15, 0.2) is 0 Å². The van der Waals surface area contributed by atoms with Crippen molar-refractivity contribution < 1.29 is 4.39 Å². The van der Waals surface area contributed by atoms with Gasteiger partial charge in [0.05, 0.1) is 6.04 Å². The van der Waals surface area contributed by atoms with E-state index in [1.54, 1.807) is 6.07 Å². The summed E-state index contributed by atoms with van der Waals surface area (Å²) in [6.07, 6.45) is 0. The molecule has 1 unspecified atom stereocenters. The summed E-state index contributed by atoms with van der Waals surface area (Å²) in [4.78, 5) is 2.04. The monoisotopic (exact) mass is 355 g/mol. The first kappa shape index (κ1) is 15.3. The molecule has 0 spiro atoms. The minimum atomic E-state index is -0.186. The Morgan fingerprint density at radius 3 is 2.55 bits per heavy atom. The second kappa shape index (κ2) is 6.59. The van der Waals surface area contributed by atoms with Gasteiger partial charge in [0.1, 0.15) is 5.82 Å². The van der Waals surface area contributed by atoms with Crippen LogP contribution in [0.3, 0.4) is 0 Å². The maximum absolute atomic E-state index is 13.9. The average molecular weight is 357 g/mol. The second-order valence-corrected chi connectivity index (χ2v) is 5.65. The van der Waals surface area contributed by atoms with E-state index in [9.17, 15) is 4.39 Å². The zero-order chi connectivity index (χ0) is 14.7. The van der Waals surface area contributed by atoms with Gasteiger partial charge in [-0.1, -0.05) is 51.8 Å². The van der Waals surface area contributed by atoms with Crippen molar-refractivity contribution in [3.05, 3.63) is 64.4 Å². The SMILES string of the molecule is CC(c1ccccc1F)N(C)c1cccc(Cl)c1CBr. The predicted molar refractivity (Wildman–Crippen MR) is 87.3 cm³/mol. The Kier molecular flexibility index (Phi) is 5.06. The molecule has 0 saturated heterocycles. The highest BCUT2D eigenvalue weighted by Crippen LogP contribution is 2.33. The predicted octanol–water partition coefficient (Wildman–Crippen LogP) is 5.57. The van der Waals surface area contributed by atoms with Crippen LogP contribution >= 0.6 is 27.5 Å². The summed E-state index contributed by atoms with van der Waals surface area (Å²) in [7, 11) is 1.95. The molecule has 0 fully saturated rings. The van der Waals surface area contributed by atoms with E-state index in [4.69, 9.17) is 11.6 Å². The average Bonchev–Trinajstić information content (AvgIpc) is 2.46. The Morgan fingerprint density at radius 2 is 1.90 bits per heavy atom. The molecule has 2 aromatic rings. The van der Waals surface area contributed by atoms with Gasteiger partial charge in [0, 0.05) is 34.2 Å². The number of hydrogen-bond acceptors (Lipinski definition) is 1. The first-order chi connectivity index (χ1) is 9.56. The lowest BCUT2D eigenvalue weighted by atomic mass is 10.0. The molecule has 0 aliphatic heterocycles. The Hall–Kier alpha value is -1.06. The molecule has 0 N–H and O–H groups in total. The van der Waals surface area contributed by atoms with Crippen molar-refractivity contribution in [1.29, 1.82) is 0 Å². The van der Waals surface area contributed by atoms with Crippen LogP contribution in [0.2, 0.25) is 5.02 Å². The quantitative estimate of drug-likeness (QED) is 0.647. The molecule has 1 nitrogen and oxygen atoms in total. The van der Waals surface area contributed by atoms with Crippen LogP contribution in [-0.2, 0) is 5.33 Å². The lowest BCUT2D eigenvalue weighted by molar-refractivity contribution is 0.585. The van der Waals surface area contributed by atoms with Crippen molar-refractivity contribution in [3.8, 4) is 0 Å². The second-order valence-electron chi connectivity index (χ2n) is 4.68. The number of hydrogen-bond donors (Lipinski definition) is 0. The molecule has 4 heteroatoms. The van der Waals surface area contributed by atoms with Crippen molar-refractivity contribution in [2.45, 2.75) is 18.3 Å². The number of halogens is 3. The van der Waals surface area contributed by atoms with Crippen molar-refractivity contribution in [3.63, 3.8) is 0 Å². The Labute approximate surface area is 132 Å². The molecule has 0 aliphatic rings. The van der Waals surface area contributed by atoms with Gasteiger partial charge in [-0.25, -0.2) is 4.39 Å². The van der Waals surface area contributed by atoms with Crippen LogP contribution in [-0.4, -0.2) is 7.05 Å². The van der Waals surface area contributed by atoms with Crippen LogP contribution in [0, 0.1) is 5.82 Å². The van der Waals surface area contributed by atoms with Gasteiger partial charge < -0.3 is 4.90 Å². The van der Waals surface area contributed by atoms with Gasteiger partial charge >= 0.3 is 0 Å². The summed E-state index contributed by atoms with van der Waals surface area (Å²) in [5.74, 6) is -0.186. The minimum absolute atomic E-state index is 0.0764. The Bertz CT molecular complexity index is 603. The molecule has 0 saturated carbocycles. The highest BCUT2D eigenvalue weighted by atomic mass is 79.9. The van der Waals surface area contributed by atoms with E-state index in [1.165, 1.54) is 6.07 Å². The molecular weight excluding hydrogens is 341 g/mol. The van der Waals surface area contributed by atoms with Crippen molar-refractivity contribution >= 4 is 33.2 Å². The van der Waals surface area contributed by atoms with Crippen LogP contribution in [0.15, 0.2) is 42.5 Å². The summed E-state index contributed by atoms with van der Waals surface area (Å²) in [6, 6.07) is 12.6. The normalized spacial score (nSPS) is 12.2. The van der Waals surface area contributed by atoms with E-state index in [1.807, 2.05) is 49.2 Å². The summed E-state index contributed by atoms with van der Waals surface area (Å²) in [5.41, 5.74) is 2.69. The summed E-state index contributed by atoms with van der Waals surface area (Å²) >= 11 is 9.69. The van der Waals surface area contributed by atoms with Crippen molar-refractivity contribution in [2.24, 2.45) is 0 Å². The molecular formula is C16H16BrClFN. The fourth-order valence-corrected chi connectivity index (χ4v) is 3.23. The topological polar surface area (TPSA) is 3.24 Å². The minimum Gasteiger partial charge on any atom is -0.367 e. The molecule has 0 heterocycles. The molecule has 1 atom stereocenters. The number of alkyl halides is 1. The van der Waals surface area contributed by atoms with Crippen molar-refractivity contribution in [2.75, 3.05) is 11.9 Å². The van der Waals surface area contributed by atoms with Crippen LogP contribution in [0.4, 0.5) is 10.1 Å². The molecule has 0 aromatic heterocycles. The smallest absolute Gasteiger partial charge is 0.128 e. The fraction of sp³-hybridized carbons (Fsp3) is 0.250. The number of benzene rings is 2. The Balaban J connectivity index is 2.39. The van der Waals surface area contributed by atoms with Crippen LogP contribution in [0.5, 0.6) is 0 Å². The first-order valence-electron chi connectivity index (χ1n) is 6.37. The lowest BCUT2D eigenvalue weighted by Crippen LogP contribution is -2.23. The third-order valence-electron chi connectivity index (χ3n) is 3.54. The number of nitrogens with zero attached hydrogens (tertiary/aromatic N) is 1. The first-order valence-corrected chi connectivity index (χ1v) is 7.86. The lowest BCUT2D eigenvalue weighted by Gasteiger charge is -2.29. The van der Waals surface area contributed by atoms with Gasteiger partial charge in [-0.3, -0.25) is 0 Å². The molecule has 20 heavy (non-hydrogen) atoms. The largest absolute Gasteiger partial charge is 0.367 e. The molecule has 0 aliphatic carbocycles. The molecule has 2 aromatic carbocycles.